The maximum absolute atomic E-state index is 11.6. The molecule has 0 radical (unpaired) electrons. The Hall–Kier alpha value is -1.10. The molecule has 92 valence electrons. The maximum Gasteiger partial charge on any atom is 0.303 e. The average molecular weight is 229 g/mol. The largest absolute Gasteiger partial charge is 0.481 e. The van der Waals surface area contributed by atoms with Gasteiger partial charge in [-0.2, -0.15) is 0 Å². The second-order valence-electron chi connectivity index (χ2n) is 4.35. The molecule has 1 unspecified atom stereocenters. The monoisotopic (exact) mass is 229 g/mol. The minimum Gasteiger partial charge on any atom is -0.481 e. The van der Waals surface area contributed by atoms with Crippen molar-refractivity contribution < 1.29 is 19.8 Å². The summed E-state index contributed by atoms with van der Waals surface area (Å²) >= 11 is 0. The fourth-order valence-electron chi connectivity index (χ4n) is 2.00. The number of amides is 1. The number of hydrogen-bond donors (Lipinski definition) is 2. The van der Waals surface area contributed by atoms with Crippen molar-refractivity contribution >= 4 is 11.9 Å². The average Bonchev–Trinajstić information content (AvgIpc) is 2.26. The molecule has 1 saturated heterocycles. The van der Waals surface area contributed by atoms with E-state index in [2.05, 4.69) is 0 Å². The number of carbonyl (C=O) groups excluding carboxylic acids is 1. The van der Waals surface area contributed by atoms with Crippen LogP contribution < -0.4 is 0 Å². The van der Waals surface area contributed by atoms with Crippen LogP contribution in [0.4, 0.5) is 0 Å². The van der Waals surface area contributed by atoms with Gasteiger partial charge in [0, 0.05) is 19.5 Å². The van der Waals surface area contributed by atoms with Crippen molar-refractivity contribution in [2.75, 3.05) is 13.1 Å². The van der Waals surface area contributed by atoms with Crippen LogP contribution in [0.3, 0.4) is 0 Å². The van der Waals surface area contributed by atoms with E-state index in [0.29, 0.717) is 13.1 Å². The molecule has 0 aromatic rings. The van der Waals surface area contributed by atoms with Crippen LogP contribution in [0, 0.1) is 5.92 Å². The number of nitrogens with zero attached hydrogens (tertiary/aromatic N) is 1. The van der Waals surface area contributed by atoms with Crippen molar-refractivity contribution in [2.45, 2.75) is 38.7 Å². The molecule has 0 spiro atoms. The molecule has 5 nitrogen and oxygen atoms in total. The van der Waals surface area contributed by atoms with Crippen LogP contribution in [-0.2, 0) is 9.59 Å². The summed E-state index contributed by atoms with van der Waals surface area (Å²) in [7, 11) is 0. The highest BCUT2D eigenvalue weighted by molar-refractivity contribution is 5.80. The smallest absolute Gasteiger partial charge is 0.303 e. The lowest BCUT2D eigenvalue weighted by atomic mass is 9.92. The van der Waals surface area contributed by atoms with Gasteiger partial charge in [-0.25, -0.2) is 0 Å². The first-order valence-electron chi connectivity index (χ1n) is 5.68. The van der Waals surface area contributed by atoms with E-state index >= 15 is 0 Å². The number of likely N-dealkylation sites (tertiary alicyclic amines) is 1. The molecule has 0 aliphatic carbocycles. The Labute approximate surface area is 95.1 Å². The predicted molar refractivity (Wildman–Crippen MR) is 57.9 cm³/mol. The van der Waals surface area contributed by atoms with Gasteiger partial charge in [-0.05, 0) is 25.7 Å². The number of aliphatic hydroxyl groups excluding tert-OH is 1. The van der Waals surface area contributed by atoms with Crippen LogP contribution >= 0.6 is 0 Å². The fraction of sp³-hybridized carbons (Fsp3) is 0.818. The highest BCUT2D eigenvalue weighted by Gasteiger charge is 2.25. The third-order valence-electron chi connectivity index (χ3n) is 3.13. The van der Waals surface area contributed by atoms with E-state index in [0.717, 1.165) is 12.8 Å². The summed E-state index contributed by atoms with van der Waals surface area (Å²) in [5, 5.41) is 17.9. The summed E-state index contributed by atoms with van der Waals surface area (Å²) in [6, 6.07) is 0. The molecule has 1 rings (SSSR count). The van der Waals surface area contributed by atoms with E-state index in [-0.39, 0.29) is 30.8 Å². The van der Waals surface area contributed by atoms with Crippen LogP contribution in [0.2, 0.25) is 0 Å². The normalized spacial score (nSPS) is 19.5. The molecule has 1 aliphatic heterocycles. The summed E-state index contributed by atoms with van der Waals surface area (Å²) in [5.41, 5.74) is 0. The van der Waals surface area contributed by atoms with Crippen molar-refractivity contribution in [3.05, 3.63) is 0 Å². The van der Waals surface area contributed by atoms with Crippen molar-refractivity contribution in [3.8, 4) is 0 Å². The summed E-state index contributed by atoms with van der Waals surface area (Å²) in [5.74, 6) is -0.762. The lowest BCUT2D eigenvalue weighted by Gasteiger charge is -2.33. The number of piperidine rings is 1. The van der Waals surface area contributed by atoms with Gasteiger partial charge in [0.2, 0.25) is 5.91 Å². The maximum atomic E-state index is 11.6. The molecule has 1 atom stereocenters. The fourth-order valence-corrected chi connectivity index (χ4v) is 2.00. The second-order valence-corrected chi connectivity index (χ2v) is 4.35. The topological polar surface area (TPSA) is 77.8 Å². The van der Waals surface area contributed by atoms with E-state index < -0.39 is 5.97 Å². The summed E-state index contributed by atoms with van der Waals surface area (Å²) in [4.78, 5) is 23.6. The molecular weight excluding hydrogens is 210 g/mol. The van der Waals surface area contributed by atoms with Crippen molar-refractivity contribution in [2.24, 2.45) is 5.92 Å². The Morgan fingerprint density at radius 3 is 2.31 bits per heavy atom. The van der Waals surface area contributed by atoms with Crippen LogP contribution in [0.1, 0.15) is 32.6 Å². The number of aliphatic hydroxyl groups is 1. The second kappa shape index (κ2) is 5.84. The van der Waals surface area contributed by atoms with E-state index in [1.165, 1.54) is 0 Å². The molecule has 0 saturated carbocycles. The number of carboxylic acid groups (broad SMARTS) is 1. The van der Waals surface area contributed by atoms with Gasteiger partial charge in [-0.1, -0.05) is 0 Å². The summed E-state index contributed by atoms with van der Waals surface area (Å²) < 4.78 is 0. The van der Waals surface area contributed by atoms with Gasteiger partial charge >= 0.3 is 5.97 Å². The van der Waals surface area contributed by atoms with E-state index in [1.807, 2.05) is 0 Å². The molecule has 1 aliphatic rings. The van der Waals surface area contributed by atoms with Crippen LogP contribution in [-0.4, -0.2) is 46.2 Å². The van der Waals surface area contributed by atoms with E-state index in [1.54, 1.807) is 11.8 Å². The van der Waals surface area contributed by atoms with Crippen molar-refractivity contribution in [1.82, 2.24) is 4.90 Å². The third-order valence-corrected chi connectivity index (χ3v) is 3.13. The molecule has 0 aromatic heterocycles. The minimum absolute atomic E-state index is 0.0781. The van der Waals surface area contributed by atoms with Gasteiger partial charge in [0.25, 0.3) is 0 Å². The zero-order chi connectivity index (χ0) is 12.1. The van der Waals surface area contributed by atoms with Gasteiger partial charge in [-0.3, -0.25) is 9.59 Å². The molecule has 1 heterocycles. The minimum atomic E-state index is -0.938. The van der Waals surface area contributed by atoms with E-state index in [9.17, 15) is 14.7 Å². The van der Waals surface area contributed by atoms with Crippen LogP contribution in [0.15, 0.2) is 0 Å². The lowest BCUT2D eigenvalue weighted by molar-refractivity contribution is -0.141. The molecule has 1 fully saturated rings. The van der Waals surface area contributed by atoms with Gasteiger partial charge in [-0.15, -0.1) is 0 Å². The SMILES string of the molecule is CC(O)C1CCN(C(=O)CCC(=O)O)CC1. The molecule has 0 bridgehead atoms. The number of rotatable bonds is 4. The highest BCUT2D eigenvalue weighted by Crippen LogP contribution is 2.21. The Balaban J connectivity index is 2.30. The van der Waals surface area contributed by atoms with Crippen molar-refractivity contribution in [3.63, 3.8) is 0 Å². The van der Waals surface area contributed by atoms with Crippen LogP contribution in [0.25, 0.3) is 0 Å². The van der Waals surface area contributed by atoms with Gasteiger partial charge in [0.15, 0.2) is 0 Å². The van der Waals surface area contributed by atoms with Gasteiger partial charge in [0.1, 0.15) is 0 Å². The first-order valence-corrected chi connectivity index (χ1v) is 5.68. The first kappa shape index (κ1) is 13.0. The lowest BCUT2D eigenvalue weighted by Crippen LogP contribution is -2.40. The molecule has 2 N–H and O–H groups in total. The van der Waals surface area contributed by atoms with Crippen LogP contribution in [0.5, 0.6) is 0 Å². The van der Waals surface area contributed by atoms with Crippen molar-refractivity contribution in [1.29, 1.82) is 0 Å². The Morgan fingerprint density at radius 1 is 1.31 bits per heavy atom. The Bertz CT molecular complexity index is 257. The van der Waals surface area contributed by atoms with Gasteiger partial charge < -0.3 is 15.1 Å². The quantitative estimate of drug-likeness (QED) is 0.734. The molecule has 0 aromatic carbocycles. The summed E-state index contributed by atoms with van der Waals surface area (Å²) in [6.45, 7) is 3.04. The standard InChI is InChI=1S/C11H19NO4/c1-8(13)9-4-6-12(7-5-9)10(14)2-3-11(15)16/h8-9,13H,2-7H2,1H3,(H,15,16). The Morgan fingerprint density at radius 2 is 1.88 bits per heavy atom. The number of carboxylic acids is 1. The number of hydrogen-bond acceptors (Lipinski definition) is 3. The predicted octanol–water partition coefficient (Wildman–Crippen LogP) is 0.471. The number of aliphatic carboxylic acids is 1. The highest BCUT2D eigenvalue weighted by atomic mass is 16.4. The zero-order valence-corrected chi connectivity index (χ0v) is 9.56. The number of carbonyl (C=O) groups is 2. The Kier molecular flexibility index (Phi) is 4.73. The molecule has 5 heteroatoms. The van der Waals surface area contributed by atoms with Gasteiger partial charge in [0.05, 0.1) is 12.5 Å². The summed E-state index contributed by atoms with van der Waals surface area (Å²) in [6.07, 6.45) is 1.26. The molecule has 1 amide bonds. The molecule has 16 heavy (non-hydrogen) atoms. The first-order chi connectivity index (χ1) is 7.50. The van der Waals surface area contributed by atoms with E-state index in [4.69, 9.17) is 5.11 Å². The molecular formula is C11H19NO4. The zero-order valence-electron chi connectivity index (χ0n) is 9.56. The third kappa shape index (κ3) is 3.81.